The highest BCUT2D eigenvalue weighted by molar-refractivity contribution is 8.00. The van der Waals surface area contributed by atoms with Crippen molar-refractivity contribution in [2.75, 3.05) is 12.3 Å². The fourth-order valence-electron chi connectivity index (χ4n) is 1.56. The van der Waals surface area contributed by atoms with Crippen LogP contribution in [0.4, 0.5) is 0 Å². The number of unbranched alkanes of at least 4 members (excludes halogenated alkanes) is 1. The Morgan fingerprint density at radius 3 is 2.76 bits per heavy atom. The SMILES string of the molecule is CCCCNC(=O)CSc1ccc(C)cc1C. The first kappa shape index (κ1) is 14.1. The third-order valence-electron chi connectivity index (χ3n) is 2.54. The highest BCUT2D eigenvalue weighted by Gasteiger charge is 2.04. The van der Waals surface area contributed by atoms with Gasteiger partial charge >= 0.3 is 0 Å². The molecule has 0 saturated heterocycles. The highest BCUT2D eigenvalue weighted by Crippen LogP contribution is 2.22. The molecule has 0 unspecified atom stereocenters. The number of benzene rings is 1. The molecule has 0 saturated carbocycles. The van der Waals surface area contributed by atoms with E-state index in [1.807, 2.05) is 0 Å². The lowest BCUT2D eigenvalue weighted by molar-refractivity contribution is -0.118. The molecule has 0 heterocycles. The van der Waals surface area contributed by atoms with Gasteiger partial charge in [0.2, 0.25) is 5.91 Å². The van der Waals surface area contributed by atoms with Gasteiger partial charge in [0.1, 0.15) is 0 Å². The Morgan fingerprint density at radius 2 is 2.12 bits per heavy atom. The molecule has 0 aliphatic rings. The summed E-state index contributed by atoms with van der Waals surface area (Å²) in [6.07, 6.45) is 2.17. The molecule has 2 nitrogen and oxygen atoms in total. The normalized spacial score (nSPS) is 10.3. The molecule has 17 heavy (non-hydrogen) atoms. The third-order valence-corrected chi connectivity index (χ3v) is 3.72. The van der Waals surface area contributed by atoms with Crippen LogP contribution in [-0.4, -0.2) is 18.2 Å². The van der Waals surface area contributed by atoms with Crippen molar-refractivity contribution in [1.82, 2.24) is 5.32 Å². The van der Waals surface area contributed by atoms with Crippen molar-refractivity contribution in [3.05, 3.63) is 29.3 Å². The quantitative estimate of drug-likeness (QED) is 0.621. The number of carbonyl (C=O) groups is 1. The van der Waals surface area contributed by atoms with Crippen molar-refractivity contribution in [2.45, 2.75) is 38.5 Å². The van der Waals surface area contributed by atoms with Gasteiger partial charge < -0.3 is 5.32 Å². The van der Waals surface area contributed by atoms with E-state index >= 15 is 0 Å². The monoisotopic (exact) mass is 251 g/mol. The van der Waals surface area contributed by atoms with Crippen LogP contribution in [0.5, 0.6) is 0 Å². The number of hydrogen-bond donors (Lipinski definition) is 1. The van der Waals surface area contributed by atoms with E-state index in [0.29, 0.717) is 5.75 Å². The van der Waals surface area contributed by atoms with Gasteiger partial charge in [-0.1, -0.05) is 31.0 Å². The van der Waals surface area contributed by atoms with E-state index in [9.17, 15) is 4.79 Å². The standard InChI is InChI=1S/C14H21NOS/c1-4-5-8-15-14(16)10-17-13-7-6-11(2)9-12(13)3/h6-7,9H,4-5,8,10H2,1-3H3,(H,15,16). The van der Waals surface area contributed by atoms with Crippen molar-refractivity contribution in [3.63, 3.8) is 0 Å². The van der Waals surface area contributed by atoms with Crippen molar-refractivity contribution in [2.24, 2.45) is 0 Å². The molecule has 3 heteroatoms. The summed E-state index contributed by atoms with van der Waals surface area (Å²) >= 11 is 1.61. The number of amides is 1. The number of hydrogen-bond acceptors (Lipinski definition) is 2. The van der Waals surface area contributed by atoms with E-state index in [4.69, 9.17) is 0 Å². The van der Waals surface area contributed by atoms with Gasteiger partial charge in [0, 0.05) is 11.4 Å². The average Bonchev–Trinajstić information content (AvgIpc) is 2.28. The van der Waals surface area contributed by atoms with Gasteiger partial charge in [-0.15, -0.1) is 11.8 Å². The molecule has 0 fully saturated rings. The van der Waals surface area contributed by atoms with E-state index in [-0.39, 0.29) is 5.91 Å². The first-order valence-electron chi connectivity index (χ1n) is 6.10. The fourth-order valence-corrected chi connectivity index (χ4v) is 2.40. The van der Waals surface area contributed by atoms with Crippen LogP contribution in [0.1, 0.15) is 30.9 Å². The zero-order chi connectivity index (χ0) is 12.7. The minimum atomic E-state index is 0.128. The first-order chi connectivity index (χ1) is 8.13. The summed E-state index contributed by atoms with van der Waals surface area (Å²) in [6.45, 7) is 7.09. The second-order valence-corrected chi connectivity index (χ2v) is 5.28. The smallest absolute Gasteiger partial charge is 0.230 e. The third kappa shape index (κ3) is 5.26. The Balaban J connectivity index is 2.37. The van der Waals surface area contributed by atoms with Gasteiger partial charge in [0.25, 0.3) is 0 Å². The van der Waals surface area contributed by atoms with Crippen molar-refractivity contribution >= 4 is 17.7 Å². The van der Waals surface area contributed by atoms with E-state index in [1.54, 1.807) is 11.8 Å². The lowest BCUT2D eigenvalue weighted by atomic mass is 10.2. The lowest BCUT2D eigenvalue weighted by Crippen LogP contribution is -2.25. The molecule has 1 aromatic carbocycles. The predicted molar refractivity (Wildman–Crippen MR) is 74.6 cm³/mol. The Hall–Kier alpha value is -0.960. The van der Waals surface area contributed by atoms with Crippen molar-refractivity contribution in [1.29, 1.82) is 0 Å². The Kier molecular flexibility index (Phi) is 6.12. The van der Waals surface area contributed by atoms with Crippen LogP contribution in [0, 0.1) is 13.8 Å². The van der Waals surface area contributed by atoms with Gasteiger partial charge in [-0.3, -0.25) is 4.79 Å². The maximum atomic E-state index is 11.5. The predicted octanol–water partition coefficient (Wildman–Crippen LogP) is 3.31. The van der Waals surface area contributed by atoms with Crippen LogP contribution in [-0.2, 0) is 4.79 Å². The molecule has 1 N–H and O–H groups in total. The van der Waals surface area contributed by atoms with E-state index in [0.717, 1.165) is 19.4 Å². The van der Waals surface area contributed by atoms with E-state index in [2.05, 4.69) is 44.3 Å². The molecule has 0 spiro atoms. The summed E-state index contributed by atoms with van der Waals surface area (Å²) in [6, 6.07) is 6.33. The molecule has 94 valence electrons. The highest BCUT2D eigenvalue weighted by atomic mass is 32.2. The molecular formula is C14H21NOS. The summed E-state index contributed by atoms with van der Waals surface area (Å²) in [5.74, 6) is 0.636. The molecule has 0 aliphatic carbocycles. The van der Waals surface area contributed by atoms with Crippen LogP contribution >= 0.6 is 11.8 Å². The number of aryl methyl sites for hydroxylation is 2. The number of carbonyl (C=O) groups excluding carboxylic acids is 1. The van der Waals surface area contributed by atoms with Crippen molar-refractivity contribution < 1.29 is 4.79 Å². The molecule has 1 aromatic rings. The Morgan fingerprint density at radius 1 is 1.35 bits per heavy atom. The molecule has 0 bridgehead atoms. The second-order valence-electron chi connectivity index (χ2n) is 4.26. The molecule has 0 aliphatic heterocycles. The van der Waals surface area contributed by atoms with E-state index in [1.165, 1.54) is 16.0 Å². The molecular weight excluding hydrogens is 230 g/mol. The van der Waals surface area contributed by atoms with Crippen LogP contribution in [0.25, 0.3) is 0 Å². The summed E-state index contributed by atoms with van der Waals surface area (Å²) < 4.78 is 0. The molecule has 0 aromatic heterocycles. The molecule has 1 rings (SSSR count). The molecule has 0 radical (unpaired) electrons. The summed E-state index contributed by atoms with van der Waals surface area (Å²) in [7, 11) is 0. The van der Waals surface area contributed by atoms with Gasteiger partial charge in [-0.05, 0) is 31.9 Å². The zero-order valence-corrected chi connectivity index (χ0v) is 11.7. The molecule has 1 amide bonds. The van der Waals surface area contributed by atoms with Gasteiger partial charge in [0.05, 0.1) is 5.75 Å². The fraction of sp³-hybridized carbons (Fsp3) is 0.500. The Bertz CT molecular complexity index is 376. The maximum absolute atomic E-state index is 11.5. The minimum Gasteiger partial charge on any atom is -0.355 e. The van der Waals surface area contributed by atoms with Crippen LogP contribution in [0.2, 0.25) is 0 Å². The lowest BCUT2D eigenvalue weighted by Gasteiger charge is -2.07. The summed E-state index contributed by atoms with van der Waals surface area (Å²) in [4.78, 5) is 12.7. The number of nitrogens with one attached hydrogen (secondary N) is 1. The van der Waals surface area contributed by atoms with Crippen molar-refractivity contribution in [3.8, 4) is 0 Å². The first-order valence-corrected chi connectivity index (χ1v) is 7.08. The second kappa shape index (κ2) is 7.38. The van der Waals surface area contributed by atoms with Gasteiger partial charge in [-0.25, -0.2) is 0 Å². The van der Waals surface area contributed by atoms with Gasteiger partial charge in [0.15, 0.2) is 0 Å². The minimum absolute atomic E-state index is 0.128. The van der Waals surface area contributed by atoms with Crippen LogP contribution in [0.15, 0.2) is 23.1 Å². The summed E-state index contributed by atoms with van der Waals surface area (Å²) in [5.41, 5.74) is 2.51. The van der Waals surface area contributed by atoms with Crippen LogP contribution in [0.3, 0.4) is 0 Å². The Labute approximate surface area is 108 Å². The topological polar surface area (TPSA) is 29.1 Å². The summed E-state index contributed by atoms with van der Waals surface area (Å²) in [5, 5.41) is 2.92. The van der Waals surface area contributed by atoms with Crippen LogP contribution < -0.4 is 5.32 Å². The average molecular weight is 251 g/mol. The largest absolute Gasteiger partial charge is 0.355 e. The zero-order valence-electron chi connectivity index (χ0n) is 10.9. The van der Waals surface area contributed by atoms with E-state index < -0.39 is 0 Å². The molecule has 0 atom stereocenters. The number of thioether (sulfide) groups is 1. The number of rotatable bonds is 6. The maximum Gasteiger partial charge on any atom is 0.230 e. The van der Waals surface area contributed by atoms with Gasteiger partial charge in [-0.2, -0.15) is 0 Å².